The van der Waals surface area contributed by atoms with E-state index in [1.165, 1.54) is 12.3 Å². The van der Waals surface area contributed by atoms with Crippen LogP contribution in [-0.4, -0.2) is 28.9 Å². The fourth-order valence-electron chi connectivity index (χ4n) is 3.00. The predicted octanol–water partition coefficient (Wildman–Crippen LogP) is 4.26. The van der Waals surface area contributed by atoms with Gasteiger partial charge in [0.1, 0.15) is 11.5 Å². The van der Waals surface area contributed by atoms with Gasteiger partial charge in [0.05, 0.1) is 15.9 Å². The Morgan fingerprint density at radius 3 is 2.88 bits per heavy atom. The third kappa shape index (κ3) is 4.31. The molecule has 1 amide bonds. The first-order valence-corrected chi connectivity index (χ1v) is 9.22. The molecule has 1 atom stereocenters. The molecule has 136 valence electrons. The Labute approximate surface area is 163 Å². The van der Waals surface area contributed by atoms with Crippen molar-refractivity contribution in [3.63, 3.8) is 0 Å². The smallest absolute Gasteiger partial charge is 0.293 e. The lowest BCUT2D eigenvalue weighted by atomic mass is 9.96. The number of pyridine rings is 1. The van der Waals surface area contributed by atoms with Crippen LogP contribution < -0.4 is 10.2 Å². The maximum absolute atomic E-state index is 12.6. The largest absolute Gasteiger partial charge is 0.365 e. The van der Waals surface area contributed by atoms with Crippen LogP contribution in [0.3, 0.4) is 0 Å². The van der Waals surface area contributed by atoms with Crippen molar-refractivity contribution in [3.05, 3.63) is 56.1 Å². The van der Waals surface area contributed by atoms with Crippen LogP contribution in [0.25, 0.3) is 0 Å². The first-order chi connectivity index (χ1) is 12.4. The van der Waals surface area contributed by atoms with Gasteiger partial charge in [-0.2, -0.15) is 0 Å². The molecule has 0 spiro atoms. The van der Waals surface area contributed by atoms with Gasteiger partial charge < -0.3 is 10.2 Å². The number of nitro groups is 1. The number of nitrogens with zero attached hydrogens (tertiary/aromatic N) is 3. The summed E-state index contributed by atoms with van der Waals surface area (Å²) in [6.45, 7) is 1.09. The van der Waals surface area contributed by atoms with Gasteiger partial charge in [-0.1, -0.05) is 27.5 Å². The molecule has 0 bridgehead atoms. The Morgan fingerprint density at radius 2 is 2.19 bits per heavy atom. The van der Waals surface area contributed by atoms with E-state index in [0.717, 1.165) is 12.8 Å². The van der Waals surface area contributed by atoms with Crippen LogP contribution >= 0.6 is 27.5 Å². The van der Waals surface area contributed by atoms with Gasteiger partial charge in [-0.05, 0) is 37.1 Å². The number of hydrogen-bond acceptors (Lipinski definition) is 5. The highest BCUT2D eigenvalue weighted by Crippen LogP contribution is 2.34. The molecule has 1 fully saturated rings. The minimum atomic E-state index is -0.401. The first kappa shape index (κ1) is 18.6. The van der Waals surface area contributed by atoms with Crippen molar-refractivity contribution in [3.8, 4) is 0 Å². The monoisotopic (exact) mass is 438 g/mol. The molecule has 0 aliphatic carbocycles. The number of nitro benzene ring substituents is 1. The molecule has 1 aliphatic heterocycles. The molecule has 1 aliphatic rings. The maximum Gasteiger partial charge on any atom is 0.293 e. The molecule has 7 nitrogen and oxygen atoms in total. The fourth-order valence-corrected chi connectivity index (χ4v) is 3.46. The quantitative estimate of drug-likeness (QED) is 0.568. The predicted molar refractivity (Wildman–Crippen MR) is 104 cm³/mol. The summed E-state index contributed by atoms with van der Waals surface area (Å²) in [4.78, 5) is 29.5. The van der Waals surface area contributed by atoms with Gasteiger partial charge in [0.2, 0.25) is 5.91 Å². The van der Waals surface area contributed by atoms with Gasteiger partial charge in [-0.25, -0.2) is 4.98 Å². The summed E-state index contributed by atoms with van der Waals surface area (Å²) in [5, 5.41) is 14.6. The van der Waals surface area contributed by atoms with Crippen molar-refractivity contribution in [2.24, 2.45) is 5.92 Å². The molecular formula is C17H16BrClN4O3. The van der Waals surface area contributed by atoms with E-state index in [4.69, 9.17) is 11.6 Å². The van der Waals surface area contributed by atoms with Gasteiger partial charge in [0, 0.05) is 29.8 Å². The number of anilines is 2. The van der Waals surface area contributed by atoms with Crippen molar-refractivity contribution in [1.82, 2.24) is 4.98 Å². The Morgan fingerprint density at radius 1 is 1.38 bits per heavy atom. The average Bonchev–Trinajstić information content (AvgIpc) is 2.63. The second kappa shape index (κ2) is 8.01. The van der Waals surface area contributed by atoms with Crippen molar-refractivity contribution in [1.29, 1.82) is 0 Å². The van der Waals surface area contributed by atoms with Crippen LogP contribution in [0.4, 0.5) is 17.2 Å². The third-order valence-corrected chi connectivity index (χ3v) is 4.96. The number of benzene rings is 1. The molecule has 1 unspecified atom stereocenters. The van der Waals surface area contributed by atoms with Crippen LogP contribution in [0.15, 0.2) is 41.0 Å². The van der Waals surface area contributed by atoms with Gasteiger partial charge in [0.25, 0.3) is 5.69 Å². The molecule has 9 heteroatoms. The summed E-state index contributed by atoms with van der Waals surface area (Å²) < 4.78 is 0.646. The van der Waals surface area contributed by atoms with Gasteiger partial charge in [-0.3, -0.25) is 14.9 Å². The lowest BCUT2D eigenvalue weighted by molar-refractivity contribution is -0.384. The van der Waals surface area contributed by atoms with E-state index < -0.39 is 4.92 Å². The average molecular weight is 440 g/mol. The highest BCUT2D eigenvalue weighted by Gasteiger charge is 2.29. The van der Waals surface area contributed by atoms with E-state index in [9.17, 15) is 14.9 Å². The number of rotatable bonds is 4. The molecule has 3 rings (SSSR count). The van der Waals surface area contributed by atoms with Crippen LogP contribution in [0.1, 0.15) is 12.8 Å². The van der Waals surface area contributed by atoms with E-state index >= 15 is 0 Å². The van der Waals surface area contributed by atoms with Gasteiger partial charge >= 0.3 is 0 Å². The molecule has 1 N–H and O–H groups in total. The molecular weight excluding hydrogens is 424 g/mol. The zero-order chi connectivity index (χ0) is 18.7. The van der Waals surface area contributed by atoms with Crippen LogP contribution in [0, 0.1) is 16.0 Å². The zero-order valence-electron chi connectivity index (χ0n) is 13.7. The molecule has 0 saturated carbocycles. The summed E-state index contributed by atoms with van der Waals surface area (Å²) in [5.74, 6) is 0.0138. The minimum absolute atomic E-state index is 0.0276. The summed E-state index contributed by atoms with van der Waals surface area (Å²) in [7, 11) is 0. The number of amides is 1. The topological polar surface area (TPSA) is 88.4 Å². The summed E-state index contributed by atoms with van der Waals surface area (Å²) in [5.41, 5.74) is 0.556. The summed E-state index contributed by atoms with van der Waals surface area (Å²) in [6, 6.07) is 8.26. The molecule has 2 aromatic rings. The van der Waals surface area contributed by atoms with Gasteiger partial charge in [-0.15, -0.1) is 0 Å². The number of carbonyl (C=O) groups is 1. The van der Waals surface area contributed by atoms with Crippen molar-refractivity contribution in [2.45, 2.75) is 12.8 Å². The van der Waals surface area contributed by atoms with Crippen molar-refractivity contribution >= 4 is 50.6 Å². The van der Waals surface area contributed by atoms with E-state index in [0.29, 0.717) is 34.1 Å². The normalized spacial score (nSPS) is 17.0. The van der Waals surface area contributed by atoms with Crippen LogP contribution in [0.2, 0.25) is 5.02 Å². The van der Waals surface area contributed by atoms with E-state index in [-0.39, 0.29) is 17.5 Å². The highest BCUT2D eigenvalue weighted by molar-refractivity contribution is 9.10. The SMILES string of the molecule is O=C(Nc1ccc(Cl)cn1)C1CCCN(c2ccc(Br)cc2[N+](=O)[O-])C1. The molecule has 1 aromatic carbocycles. The van der Waals surface area contributed by atoms with Crippen LogP contribution in [0.5, 0.6) is 0 Å². The maximum atomic E-state index is 12.6. The van der Waals surface area contributed by atoms with E-state index in [1.807, 2.05) is 4.90 Å². The highest BCUT2D eigenvalue weighted by atomic mass is 79.9. The molecule has 1 aromatic heterocycles. The zero-order valence-corrected chi connectivity index (χ0v) is 16.0. The number of halogens is 2. The summed E-state index contributed by atoms with van der Waals surface area (Å²) >= 11 is 9.06. The van der Waals surface area contributed by atoms with Crippen LogP contribution in [-0.2, 0) is 4.79 Å². The molecule has 1 saturated heterocycles. The number of carbonyl (C=O) groups excluding carboxylic acids is 1. The Hall–Kier alpha value is -2.19. The Kier molecular flexibility index (Phi) is 5.73. The Bertz CT molecular complexity index is 831. The molecule has 0 radical (unpaired) electrons. The second-order valence-electron chi connectivity index (χ2n) is 6.03. The lowest BCUT2D eigenvalue weighted by Gasteiger charge is -2.33. The summed E-state index contributed by atoms with van der Waals surface area (Å²) in [6.07, 6.45) is 2.97. The number of hydrogen-bond donors (Lipinski definition) is 1. The minimum Gasteiger partial charge on any atom is -0.365 e. The fraction of sp³-hybridized carbons (Fsp3) is 0.294. The molecule has 26 heavy (non-hydrogen) atoms. The number of aromatic nitrogens is 1. The second-order valence-corrected chi connectivity index (χ2v) is 7.38. The Balaban J connectivity index is 1.74. The van der Waals surface area contributed by atoms with Crippen molar-refractivity contribution < 1.29 is 9.72 Å². The standard InChI is InChI=1S/C17H16BrClN4O3/c18-12-3-5-14(15(8-12)23(25)26)22-7-1-2-11(10-22)17(24)21-16-6-4-13(19)9-20-16/h3-6,8-9,11H,1-2,7,10H2,(H,20,21,24). The van der Waals surface area contributed by atoms with E-state index in [2.05, 4.69) is 26.2 Å². The van der Waals surface area contributed by atoms with Crippen molar-refractivity contribution in [2.75, 3.05) is 23.3 Å². The first-order valence-electron chi connectivity index (χ1n) is 8.05. The van der Waals surface area contributed by atoms with E-state index in [1.54, 1.807) is 24.3 Å². The molecule has 2 heterocycles. The van der Waals surface area contributed by atoms with Gasteiger partial charge in [0.15, 0.2) is 0 Å². The number of nitrogens with one attached hydrogen (secondary N) is 1. The third-order valence-electron chi connectivity index (χ3n) is 4.25. The number of piperidine rings is 1. The lowest BCUT2D eigenvalue weighted by Crippen LogP contribution is -2.41.